The van der Waals surface area contributed by atoms with Gasteiger partial charge in [-0.15, -0.1) is 24.0 Å². The normalized spacial score (nSPS) is 20.3. The number of hydrogen-bond acceptors (Lipinski definition) is 4. The molecule has 1 saturated carbocycles. The van der Waals surface area contributed by atoms with E-state index in [2.05, 4.69) is 26.9 Å². The summed E-state index contributed by atoms with van der Waals surface area (Å²) in [7, 11) is 1.81. The highest BCUT2D eigenvalue weighted by molar-refractivity contribution is 14.0. The van der Waals surface area contributed by atoms with Gasteiger partial charge in [0.25, 0.3) is 0 Å². The number of benzene rings is 1. The summed E-state index contributed by atoms with van der Waals surface area (Å²) in [6.07, 6.45) is 8.92. The van der Waals surface area contributed by atoms with Crippen LogP contribution < -0.4 is 10.6 Å². The maximum absolute atomic E-state index is 5.58. The zero-order chi connectivity index (χ0) is 17.5. The van der Waals surface area contributed by atoms with E-state index in [1.165, 1.54) is 25.7 Å². The highest BCUT2D eigenvalue weighted by Gasteiger charge is 2.21. The van der Waals surface area contributed by atoms with Crippen LogP contribution in [0.25, 0.3) is 11.5 Å². The van der Waals surface area contributed by atoms with Crippen molar-refractivity contribution in [3.8, 4) is 11.5 Å². The summed E-state index contributed by atoms with van der Waals surface area (Å²) < 4.78 is 5.58. The topological polar surface area (TPSA) is 62.5 Å². The zero-order valence-corrected chi connectivity index (χ0v) is 18.4. The lowest BCUT2D eigenvalue weighted by atomic mass is 9.95. The molecule has 1 fully saturated rings. The van der Waals surface area contributed by atoms with E-state index in [-0.39, 0.29) is 24.0 Å². The van der Waals surface area contributed by atoms with Crippen molar-refractivity contribution >= 4 is 41.7 Å². The van der Waals surface area contributed by atoms with Crippen LogP contribution in [0.2, 0.25) is 0 Å². The molecule has 2 N–H and O–H groups in total. The van der Waals surface area contributed by atoms with Crippen molar-refractivity contribution in [2.45, 2.75) is 43.5 Å². The smallest absolute Gasteiger partial charge is 0.226 e. The number of nitrogens with one attached hydrogen (secondary N) is 2. The number of aliphatic imine (C=N–C) groups is 1. The highest BCUT2D eigenvalue weighted by atomic mass is 127. The van der Waals surface area contributed by atoms with E-state index in [1.807, 2.05) is 49.1 Å². The lowest BCUT2D eigenvalue weighted by Crippen LogP contribution is -2.45. The summed E-state index contributed by atoms with van der Waals surface area (Å²) in [5, 5.41) is 7.64. The molecule has 0 saturated heterocycles. The number of aromatic nitrogens is 1. The van der Waals surface area contributed by atoms with Gasteiger partial charge in [-0.3, -0.25) is 4.99 Å². The Balaban J connectivity index is 0.00000243. The second-order valence-corrected chi connectivity index (χ2v) is 7.44. The largest absolute Gasteiger partial charge is 0.444 e. The Bertz CT molecular complexity index is 692. The van der Waals surface area contributed by atoms with Gasteiger partial charge in [0.15, 0.2) is 5.96 Å². The van der Waals surface area contributed by atoms with Crippen LogP contribution in [0.5, 0.6) is 0 Å². The van der Waals surface area contributed by atoms with E-state index < -0.39 is 0 Å². The molecule has 1 heterocycles. The average Bonchev–Trinajstić information content (AvgIpc) is 3.15. The maximum Gasteiger partial charge on any atom is 0.226 e. The molecule has 142 valence electrons. The molecule has 0 radical (unpaired) electrons. The summed E-state index contributed by atoms with van der Waals surface area (Å²) >= 11 is 1.97. The van der Waals surface area contributed by atoms with Crippen LogP contribution >= 0.6 is 35.7 Å². The Morgan fingerprint density at radius 1 is 1.31 bits per heavy atom. The predicted octanol–water partition coefficient (Wildman–Crippen LogP) is 4.30. The first-order valence-corrected chi connectivity index (χ1v) is 10.1. The monoisotopic (exact) mass is 486 g/mol. The maximum atomic E-state index is 5.58. The zero-order valence-electron chi connectivity index (χ0n) is 15.3. The first-order chi connectivity index (χ1) is 12.3. The molecular weight excluding hydrogens is 459 g/mol. The number of guanidine groups is 1. The van der Waals surface area contributed by atoms with Crippen LogP contribution in [-0.2, 0) is 6.54 Å². The molecule has 1 aromatic heterocycles. The number of halogens is 1. The van der Waals surface area contributed by atoms with Crippen LogP contribution in [0.15, 0.2) is 46.0 Å². The van der Waals surface area contributed by atoms with E-state index >= 15 is 0 Å². The number of nitrogens with zero attached hydrogens (tertiary/aromatic N) is 2. The van der Waals surface area contributed by atoms with Gasteiger partial charge < -0.3 is 15.1 Å². The Morgan fingerprint density at radius 3 is 2.85 bits per heavy atom. The molecule has 5 nitrogen and oxygen atoms in total. The van der Waals surface area contributed by atoms with Gasteiger partial charge >= 0.3 is 0 Å². The third kappa shape index (κ3) is 5.90. The molecule has 3 rings (SSSR count). The SMILES string of the molecule is CN=C(NCc1coc(-c2ccccc2)n1)NC1CCCC(SC)C1.I. The van der Waals surface area contributed by atoms with Gasteiger partial charge in [-0.1, -0.05) is 24.6 Å². The standard InChI is InChI=1S/C19H26N4OS.HI/c1-20-19(23-15-9-6-10-17(11-15)25-2)21-12-16-13-24-18(22-16)14-7-4-3-5-8-14;/h3-5,7-8,13,15,17H,6,9-12H2,1-2H3,(H2,20,21,23);1H. The van der Waals surface area contributed by atoms with Gasteiger partial charge in [-0.25, -0.2) is 4.98 Å². The van der Waals surface area contributed by atoms with E-state index in [1.54, 1.807) is 6.26 Å². The lowest BCUT2D eigenvalue weighted by Gasteiger charge is -2.29. The fourth-order valence-corrected chi connectivity index (χ4v) is 3.98. The van der Waals surface area contributed by atoms with Crippen LogP contribution in [0.1, 0.15) is 31.4 Å². The third-order valence-corrected chi connectivity index (χ3v) is 5.63. The molecule has 0 aliphatic heterocycles. The Labute approximate surface area is 176 Å². The van der Waals surface area contributed by atoms with Crippen molar-refractivity contribution in [1.82, 2.24) is 15.6 Å². The second kappa shape index (κ2) is 10.8. The van der Waals surface area contributed by atoms with Crippen molar-refractivity contribution < 1.29 is 4.42 Å². The number of thioether (sulfide) groups is 1. The first-order valence-electron chi connectivity index (χ1n) is 8.78. The highest BCUT2D eigenvalue weighted by Crippen LogP contribution is 2.26. The predicted molar refractivity (Wildman–Crippen MR) is 120 cm³/mol. The molecule has 2 aromatic rings. The molecule has 1 aromatic carbocycles. The molecule has 7 heteroatoms. The second-order valence-electron chi connectivity index (χ2n) is 6.30. The summed E-state index contributed by atoms with van der Waals surface area (Å²) in [5.74, 6) is 1.48. The minimum absolute atomic E-state index is 0. The summed E-state index contributed by atoms with van der Waals surface area (Å²) in [4.78, 5) is 8.89. The number of hydrogen-bond donors (Lipinski definition) is 2. The van der Waals surface area contributed by atoms with Crippen molar-refractivity contribution in [1.29, 1.82) is 0 Å². The van der Waals surface area contributed by atoms with E-state index in [0.29, 0.717) is 18.5 Å². The van der Waals surface area contributed by atoms with Crippen LogP contribution in [0, 0.1) is 0 Å². The number of rotatable bonds is 5. The molecule has 0 amide bonds. The van der Waals surface area contributed by atoms with E-state index in [9.17, 15) is 0 Å². The Hall–Kier alpha value is -1.22. The minimum Gasteiger partial charge on any atom is -0.444 e. The molecule has 26 heavy (non-hydrogen) atoms. The summed E-state index contributed by atoms with van der Waals surface area (Å²) in [5.41, 5.74) is 1.86. The van der Waals surface area contributed by atoms with E-state index in [4.69, 9.17) is 4.42 Å². The van der Waals surface area contributed by atoms with Gasteiger partial charge in [-0.2, -0.15) is 11.8 Å². The number of oxazole rings is 1. The van der Waals surface area contributed by atoms with Crippen LogP contribution in [0.4, 0.5) is 0 Å². The van der Waals surface area contributed by atoms with Crippen LogP contribution in [0.3, 0.4) is 0 Å². The summed E-state index contributed by atoms with van der Waals surface area (Å²) in [6, 6.07) is 10.4. The van der Waals surface area contributed by atoms with Crippen molar-refractivity contribution in [3.63, 3.8) is 0 Å². The fraction of sp³-hybridized carbons (Fsp3) is 0.474. The quantitative estimate of drug-likeness (QED) is 0.375. The summed E-state index contributed by atoms with van der Waals surface area (Å²) in [6.45, 7) is 0.592. The van der Waals surface area contributed by atoms with Gasteiger partial charge in [-0.05, 0) is 37.7 Å². The van der Waals surface area contributed by atoms with Crippen LogP contribution in [-0.4, -0.2) is 35.5 Å². The first kappa shape index (κ1) is 21.1. The van der Waals surface area contributed by atoms with Crippen molar-refractivity contribution in [2.75, 3.05) is 13.3 Å². The fourth-order valence-electron chi connectivity index (χ4n) is 3.15. The van der Waals surface area contributed by atoms with Crippen molar-refractivity contribution in [3.05, 3.63) is 42.3 Å². The van der Waals surface area contributed by atoms with Gasteiger partial charge in [0, 0.05) is 23.9 Å². The molecule has 0 spiro atoms. The molecule has 0 bridgehead atoms. The Morgan fingerprint density at radius 2 is 2.12 bits per heavy atom. The van der Waals surface area contributed by atoms with Gasteiger partial charge in [0.1, 0.15) is 6.26 Å². The van der Waals surface area contributed by atoms with E-state index in [0.717, 1.165) is 22.5 Å². The molecule has 1 aliphatic carbocycles. The lowest BCUT2D eigenvalue weighted by molar-refractivity contribution is 0.419. The van der Waals surface area contributed by atoms with Gasteiger partial charge in [0.2, 0.25) is 5.89 Å². The van der Waals surface area contributed by atoms with Gasteiger partial charge in [0.05, 0.1) is 12.2 Å². The average molecular weight is 486 g/mol. The minimum atomic E-state index is 0. The van der Waals surface area contributed by atoms with Crippen molar-refractivity contribution in [2.24, 2.45) is 4.99 Å². The molecule has 1 aliphatic rings. The third-order valence-electron chi connectivity index (χ3n) is 4.53. The Kier molecular flexibility index (Phi) is 8.77. The molecule has 2 unspecified atom stereocenters. The molecule has 2 atom stereocenters. The molecular formula is C19H27IN4OS.